The zero-order chi connectivity index (χ0) is 8.27. The molecule has 1 rings (SSSR count). The summed E-state index contributed by atoms with van der Waals surface area (Å²) < 4.78 is 0. The number of hydrogen-bond donors (Lipinski definition) is 2. The first-order chi connectivity index (χ1) is 5.24. The molecule has 1 amide bonds. The van der Waals surface area contributed by atoms with Gasteiger partial charge in [-0.1, -0.05) is 0 Å². The topological polar surface area (TPSA) is 55.1 Å². The van der Waals surface area contributed by atoms with Gasteiger partial charge < -0.3 is 11.1 Å². The molecule has 1 aromatic heterocycles. The summed E-state index contributed by atoms with van der Waals surface area (Å²) in [5, 5.41) is 6.56. The molecular formula is C7H10N2OS. The Morgan fingerprint density at radius 1 is 1.73 bits per heavy atom. The van der Waals surface area contributed by atoms with Crippen LogP contribution in [0.5, 0.6) is 0 Å². The van der Waals surface area contributed by atoms with Crippen molar-refractivity contribution in [1.29, 1.82) is 0 Å². The zero-order valence-corrected chi connectivity index (χ0v) is 7.07. The van der Waals surface area contributed by atoms with Crippen LogP contribution in [0.2, 0.25) is 0 Å². The largest absolute Gasteiger partial charge is 0.324 e. The van der Waals surface area contributed by atoms with E-state index in [9.17, 15) is 4.79 Å². The van der Waals surface area contributed by atoms with Gasteiger partial charge in [0.1, 0.15) is 0 Å². The molecule has 1 aromatic rings. The van der Waals surface area contributed by atoms with Gasteiger partial charge in [0.15, 0.2) is 0 Å². The molecule has 0 aliphatic carbocycles. The Labute approximate surface area is 69.2 Å². The highest BCUT2D eigenvalue weighted by Crippen LogP contribution is 2.18. The van der Waals surface area contributed by atoms with Crippen molar-refractivity contribution in [3.8, 4) is 0 Å². The normalized spacial score (nSPS) is 9.64. The first-order valence-electron chi connectivity index (χ1n) is 3.26. The highest BCUT2D eigenvalue weighted by Gasteiger charge is 2.01. The summed E-state index contributed by atoms with van der Waals surface area (Å²) >= 11 is 1.56. The zero-order valence-electron chi connectivity index (χ0n) is 6.26. The lowest BCUT2D eigenvalue weighted by Crippen LogP contribution is -2.21. The Morgan fingerprint density at radius 3 is 2.91 bits per heavy atom. The molecule has 0 aliphatic rings. The van der Waals surface area contributed by atoms with Crippen LogP contribution in [0.25, 0.3) is 0 Å². The molecule has 11 heavy (non-hydrogen) atoms. The number of nitrogens with two attached hydrogens (primary N) is 1. The molecule has 0 saturated carbocycles. The van der Waals surface area contributed by atoms with Gasteiger partial charge in [0.05, 0.1) is 12.2 Å². The fraction of sp³-hybridized carbons (Fsp3) is 0.286. The minimum atomic E-state index is -0.147. The van der Waals surface area contributed by atoms with E-state index in [2.05, 4.69) is 5.32 Å². The van der Waals surface area contributed by atoms with Crippen LogP contribution in [0.4, 0.5) is 5.69 Å². The Balaban J connectivity index is 2.64. The molecule has 0 unspecified atom stereocenters. The molecule has 0 spiro atoms. The highest BCUT2D eigenvalue weighted by atomic mass is 32.1. The molecule has 0 saturated heterocycles. The van der Waals surface area contributed by atoms with Gasteiger partial charge in [-0.3, -0.25) is 4.79 Å². The minimum absolute atomic E-state index is 0.0370. The van der Waals surface area contributed by atoms with E-state index >= 15 is 0 Å². The fourth-order valence-corrected chi connectivity index (χ4v) is 1.47. The van der Waals surface area contributed by atoms with Gasteiger partial charge in [-0.05, 0) is 17.9 Å². The summed E-state index contributed by atoms with van der Waals surface area (Å²) in [4.78, 5) is 10.8. The van der Waals surface area contributed by atoms with Crippen LogP contribution < -0.4 is 11.1 Å². The van der Waals surface area contributed by atoms with Crippen molar-refractivity contribution < 1.29 is 4.79 Å². The lowest BCUT2D eigenvalue weighted by Gasteiger charge is -2.00. The second-order valence-corrected chi connectivity index (χ2v) is 2.96. The van der Waals surface area contributed by atoms with Crippen LogP contribution in [0, 0.1) is 6.92 Å². The van der Waals surface area contributed by atoms with Gasteiger partial charge in [-0.25, -0.2) is 0 Å². The number of aryl methyl sites for hydroxylation is 1. The van der Waals surface area contributed by atoms with E-state index in [0.29, 0.717) is 0 Å². The van der Waals surface area contributed by atoms with Gasteiger partial charge in [0.2, 0.25) is 5.91 Å². The second kappa shape index (κ2) is 3.50. The maximum Gasteiger partial charge on any atom is 0.238 e. The van der Waals surface area contributed by atoms with E-state index in [1.165, 1.54) is 0 Å². The number of thiophene rings is 1. The molecular weight excluding hydrogens is 160 g/mol. The van der Waals surface area contributed by atoms with Crippen molar-refractivity contribution in [2.75, 3.05) is 11.9 Å². The van der Waals surface area contributed by atoms with E-state index < -0.39 is 0 Å². The number of rotatable bonds is 2. The smallest absolute Gasteiger partial charge is 0.238 e. The second-order valence-electron chi connectivity index (χ2n) is 2.22. The molecule has 3 N–H and O–H groups in total. The van der Waals surface area contributed by atoms with E-state index in [1.54, 1.807) is 11.3 Å². The Kier molecular flexibility index (Phi) is 2.62. The third-order valence-electron chi connectivity index (χ3n) is 1.32. The third kappa shape index (κ3) is 2.03. The van der Waals surface area contributed by atoms with E-state index in [4.69, 9.17) is 5.73 Å². The van der Waals surface area contributed by atoms with Crippen molar-refractivity contribution in [1.82, 2.24) is 0 Å². The fourth-order valence-electron chi connectivity index (χ4n) is 0.690. The molecule has 4 heteroatoms. The molecule has 0 atom stereocenters. The van der Waals surface area contributed by atoms with Crippen molar-refractivity contribution in [2.24, 2.45) is 5.73 Å². The Morgan fingerprint density at radius 2 is 2.45 bits per heavy atom. The van der Waals surface area contributed by atoms with Crippen LogP contribution >= 0.6 is 11.3 Å². The average Bonchev–Trinajstić information content (AvgIpc) is 2.37. The van der Waals surface area contributed by atoms with E-state index in [-0.39, 0.29) is 12.5 Å². The molecule has 1 heterocycles. The van der Waals surface area contributed by atoms with Crippen LogP contribution in [-0.4, -0.2) is 12.5 Å². The lowest BCUT2D eigenvalue weighted by atomic mass is 10.3. The van der Waals surface area contributed by atoms with E-state index in [0.717, 1.165) is 11.3 Å². The summed E-state index contributed by atoms with van der Waals surface area (Å²) in [7, 11) is 0. The summed E-state index contributed by atoms with van der Waals surface area (Å²) in [6, 6.07) is 0. The van der Waals surface area contributed by atoms with Crippen LogP contribution in [0.3, 0.4) is 0 Å². The van der Waals surface area contributed by atoms with Crippen molar-refractivity contribution in [3.63, 3.8) is 0 Å². The van der Waals surface area contributed by atoms with Gasteiger partial charge in [0, 0.05) is 5.38 Å². The SMILES string of the molecule is Cc1cscc1NC(=O)CN. The summed E-state index contributed by atoms with van der Waals surface area (Å²) in [6.45, 7) is 1.98. The number of hydrogen-bond acceptors (Lipinski definition) is 3. The molecule has 60 valence electrons. The van der Waals surface area contributed by atoms with Crippen molar-refractivity contribution in [3.05, 3.63) is 16.3 Å². The number of carbonyl (C=O) groups is 1. The Bertz CT molecular complexity index is 257. The van der Waals surface area contributed by atoms with Gasteiger partial charge in [-0.2, -0.15) is 0 Å². The first kappa shape index (κ1) is 8.23. The number of anilines is 1. The van der Waals surface area contributed by atoms with Crippen molar-refractivity contribution >= 4 is 22.9 Å². The molecule has 0 bridgehead atoms. The quantitative estimate of drug-likeness (QED) is 0.694. The number of amides is 1. The van der Waals surface area contributed by atoms with Gasteiger partial charge >= 0.3 is 0 Å². The standard InChI is InChI=1S/C7H10N2OS/c1-5-3-11-4-6(5)9-7(10)2-8/h3-4H,2,8H2,1H3,(H,9,10). The monoisotopic (exact) mass is 170 g/mol. The summed E-state index contributed by atoms with van der Waals surface area (Å²) in [5.41, 5.74) is 7.08. The number of nitrogens with one attached hydrogen (secondary N) is 1. The molecule has 0 fully saturated rings. The van der Waals surface area contributed by atoms with Crippen LogP contribution in [-0.2, 0) is 4.79 Å². The lowest BCUT2D eigenvalue weighted by molar-refractivity contribution is -0.114. The molecule has 0 radical (unpaired) electrons. The van der Waals surface area contributed by atoms with Gasteiger partial charge in [-0.15, -0.1) is 11.3 Å². The summed E-state index contributed by atoms with van der Waals surface area (Å²) in [5.74, 6) is -0.147. The predicted octanol–water partition coefficient (Wildman–Crippen LogP) is 0.954. The van der Waals surface area contributed by atoms with E-state index in [1.807, 2.05) is 17.7 Å². The Hall–Kier alpha value is -0.870. The van der Waals surface area contributed by atoms with Crippen molar-refractivity contribution in [2.45, 2.75) is 6.92 Å². The molecule has 0 aliphatic heterocycles. The molecule has 3 nitrogen and oxygen atoms in total. The maximum atomic E-state index is 10.8. The van der Waals surface area contributed by atoms with Crippen LogP contribution in [0.1, 0.15) is 5.56 Å². The third-order valence-corrected chi connectivity index (χ3v) is 2.18. The average molecular weight is 170 g/mol. The summed E-state index contributed by atoms with van der Waals surface area (Å²) in [6.07, 6.45) is 0. The number of carbonyl (C=O) groups excluding carboxylic acids is 1. The highest BCUT2D eigenvalue weighted by molar-refractivity contribution is 7.08. The minimum Gasteiger partial charge on any atom is -0.324 e. The predicted molar refractivity (Wildman–Crippen MR) is 46.7 cm³/mol. The maximum absolute atomic E-state index is 10.8. The van der Waals surface area contributed by atoms with Gasteiger partial charge in [0.25, 0.3) is 0 Å². The molecule has 0 aromatic carbocycles. The first-order valence-corrected chi connectivity index (χ1v) is 4.21. The van der Waals surface area contributed by atoms with Crippen LogP contribution in [0.15, 0.2) is 10.8 Å².